The lowest BCUT2D eigenvalue weighted by molar-refractivity contribution is -0.0411. The number of nitrogens with zero attached hydrogens (tertiary/aromatic N) is 3. The third-order valence-corrected chi connectivity index (χ3v) is 5.52. The Balaban J connectivity index is 2.00. The van der Waals surface area contributed by atoms with Gasteiger partial charge in [-0.05, 0) is 26.3 Å². The van der Waals surface area contributed by atoms with Crippen molar-refractivity contribution in [1.82, 2.24) is 14.6 Å². The summed E-state index contributed by atoms with van der Waals surface area (Å²) in [6.45, 7) is 6.72. The van der Waals surface area contributed by atoms with Crippen molar-refractivity contribution in [3.8, 4) is 0 Å². The minimum atomic E-state index is -0.207. The number of nitrogens with two attached hydrogens (primary N) is 1. The maximum absolute atomic E-state index is 12.6. The van der Waals surface area contributed by atoms with E-state index in [4.69, 9.17) is 15.6 Å². The van der Waals surface area contributed by atoms with Crippen LogP contribution in [0, 0.1) is 0 Å². The van der Waals surface area contributed by atoms with Crippen LogP contribution >= 0.6 is 11.3 Å². The summed E-state index contributed by atoms with van der Waals surface area (Å²) in [6, 6.07) is 2.08. The van der Waals surface area contributed by atoms with Gasteiger partial charge in [0.05, 0.1) is 23.4 Å². The molecule has 0 amide bonds. The molecule has 3 aromatic rings. The van der Waals surface area contributed by atoms with Crippen LogP contribution in [0.5, 0.6) is 0 Å². The Labute approximate surface area is 143 Å². The van der Waals surface area contributed by atoms with Gasteiger partial charge in [0.15, 0.2) is 0 Å². The van der Waals surface area contributed by atoms with Crippen LogP contribution in [-0.2, 0) is 24.2 Å². The van der Waals surface area contributed by atoms with Crippen LogP contribution in [0.2, 0.25) is 0 Å². The molecular formula is C17H20N4O2S. The largest absolute Gasteiger partial charge is 0.370 e. The summed E-state index contributed by atoms with van der Waals surface area (Å²) < 4.78 is 7.64. The molecule has 0 saturated heterocycles. The summed E-state index contributed by atoms with van der Waals surface area (Å²) in [4.78, 5) is 22.9. The van der Waals surface area contributed by atoms with E-state index >= 15 is 0 Å². The SMILES string of the molecule is CCCc1nc2c(sc3nc4c(cc32)COC(C)(C)C4)c(=O)n1N. The van der Waals surface area contributed by atoms with Crippen LogP contribution < -0.4 is 11.4 Å². The number of ether oxygens (including phenoxy) is 1. The second kappa shape index (κ2) is 5.26. The lowest BCUT2D eigenvalue weighted by Gasteiger charge is -2.30. The van der Waals surface area contributed by atoms with Crippen LogP contribution in [-0.4, -0.2) is 20.2 Å². The Morgan fingerprint density at radius 3 is 2.96 bits per heavy atom. The first-order valence-corrected chi connectivity index (χ1v) is 8.97. The smallest absolute Gasteiger partial charge is 0.289 e. The molecule has 0 bridgehead atoms. The summed E-state index contributed by atoms with van der Waals surface area (Å²) in [5.41, 5.74) is 2.44. The first kappa shape index (κ1) is 15.5. The normalized spacial score (nSPS) is 16.6. The fraction of sp³-hybridized carbons (Fsp3) is 0.471. The molecule has 0 unspecified atom stereocenters. The van der Waals surface area contributed by atoms with E-state index in [1.165, 1.54) is 16.0 Å². The van der Waals surface area contributed by atoms with Gasteiger partial charge in [0.1, 0.15) is 15.4 Å². The zero-order valence-corrected chi connectivity index (χ0v) is 14.9. The molecule has 24 heavy (non-hydrogen) atoms. The van der Waals surface area contributed by atoms with Gasteiger partial charge in [0.25, 0.3) is 5.56 Å². The average Bonchev–Trinajstić information content (AvgIpc) is 2.87. The van der Waals surface area contributed by atoms with Crippen LogP contribution in [0.25, 0.3) is 20.4 Å². The van der Waals surface area contributed by atoms with Gasteiger partial charge in [-0.2, -0.15) is 0 Å². The molecule has 0 aromatic carbocycles. The lowest BCUT2D eigenvalue weighted by Crippen LogP contribution is -2.32. The van der Waals surface area contributed by atoms with E-state index in [-0.39, 0.29) is 11.2 Å². The molecule has 4 heterocycles. The molecule has 126 valence electrons. The van der Waals surface area contributed by atoms with Gasteiger partial charge in [-0.1, -0.05) is 6.92 Å². The summed E-state index contributed by atoms with van der Waals surface area (Å²) in [7, 11) is 0. The van der Waals surface area contributed by atoms with Gasteiger partial charge in [-0.3, -0.25) is 4.79 Å². The maximum Gasteiger partial charge on any atom is 0.289 e. The first-order valence-electron chi connectivity index (χ1n) is 8.15. The van der Waals surface area contributed by atoms with Crippen molar-refractivity contribution in [2.75, 3.05) is 5.84 Å². The molecule has 0 radical (unpaired) electrons. The van der Waals surface area contributed by atoms with Gasteiger partial charge in [0.2, 0.25) is 0 Å². The molecule has 1 aliphatic rings. The van der Waals surface area contributed by atoms with Crippen LogP contribution in [0.3, 0.4) is 0 Å². The second-order valence-electron chi connectivity index (χ2n) is 6.91. The summed E-state index contributed by atoms with van der Waals surface area (Å²) >= 11 is 1.37. The molecule has 0 atom stereocenters. The van der Waals surface area contributed by atoms with Gasteiger partial charge >= 0.3 is 0 Å². The van der Waals surface area contributed by atoms with Gasteiger partial charge in [-0.25, -0.2) is 14.6 Å². The Morgan fingerprint density at radius 2 is 2.21 bits per heavy atom. The average molecular weight is 344 g/mol. The van der Waals surface area contributed by atoms with Crippen molar-refractivity contribution < 1.29 is 4.74 Å². The lowest BCUT2D eigenvalue weighted by atomic mass is 9.95. The van der Waals surface area contributed by atoms with Crippen molar-refractivity contribution >= 4 is 31.8 Å². The quantitative estimate of drug-likeness (QED) is 0.722. The van der Waals surface area contributed by atoms with E-state index < -0.39 is 0 Å². The fourth-order valence-electron chi connectivity index (χ4n) is 3.16. The topological polar surface area (TPSA) is 83.0 Å². The maximum atomic E-state index is 12.6. The standard InChI is InChI=1S/C17H20N4O2S/c1-4-5-12-20-13-10-6-9-8-23-17(2,3)7-11(9)19-15(10)24-14(13)16(22)21(12)18/h6H,4-5,7-8,18H2,1-3H3. The minimum Gasteiger partial charge on any atom is -0.370 e. The van der Waals surface area contributed by atoms with E-state index in [0.717, 1.165) is 34.3 Å². The van der Waals surface area contributed by atoms with E-state index in [2.05, 4.69) is 24.9 Å². The highest BCUT2D eigenvalue weighted by Crippen LogP contribution is 2.34. The predicted octanol–water partition coefficient (Wildman–Crippen LogP) is 2.52. The van der Waals surface area contributed by atoms with Crippen molar-refractivity contribution in [3.05, 3.63) is 33.5 Å². The van der Waals surface area contributed by atoms with Crippen molar-refractivity contribution in [3.63, 3.8) is 0 Å². The predicted molar refractivity (Wildman–Crippen MR) is 95.9 cm³/mol. The Morgan fingerprint density at radius 1 is 1.42 bits per heavy atom. The van der Waals surface area contributed by atoms with Crippen molar-refractivity contribution in [2.24, 2.45) is 0 Å². The number of aryl methyl sites for hydroxylation is 1. The molecule has 3 aromatic heterocycles. The van der Waals surface area contributed by atoms with Gasteiger partial charge < -0.3 is 10.6 Å². The van der Waals surface area contributed by atoms with E-state index in [1.54, 1.807) is 0 Å². The Hall–Kier alpha value is -1.99. The molecule has 6 nitrogen and oxygen atoms in total. The zero-order chi connectivity index (χ0) is 17.1. The number of hydrogen-bond donors (Lipinski definition) is 1. The van der Waals surface area contributed by atoms with E-state index in [9.17, 15) is 4.79 Å². The number of rotatable bonds is 2. The minimum absolute atomic E-state index is 0.194. The molecule has 0 fully saturated rings. The number of nitrogen functional groups attached to an aromatic ring is 1. The molecular weight excluding hydrogens is 324 g/mol. The highest BCUT2D eigenvalue weighted by Gasteiger charge is 2.28. The second-order valence-corrected chi connectivity index (χ2v) is 7.90. The van der Waals surface area contributed by atoms with Crippen molar-refractivity contribution in [1.29, 1.82) is 0 Å². The van der Waals surface area contributed by atoms with Crippen LogP contribution in [0.15, 0.2) is 10.9 Å². The number of aromatic nitrogens is 3. The Bertz CT molecular complexity index is 1020. The Kier molecular flexibility index (Phi) is 3.40. The molecule has 1 aliphatic heterocycles. The summed E-state index contributed by atoms with van der Waals surface area (Å²) in [6.07, 6.45) is 2.32. The third kappa shape index (κ3) is 2.31. The molecule has 4 rings (SSSR count). The monoisotopic (exact) mass is 344 g/mol. The molecule has 2 N–H and O–H groups in total. The number of fused-ring (bicyclic) bond motifs is 4. The highest BCUT2D eigenvalue weighted by atomic mass is 32.1. The molecule has 0 spiro atoms. The molecule has 0 saturated carbocycles. The summed E-state index contributed by atoms with van der Waals surface area (Å²) in [5, 5.41) is 0.923. The summed E-state index contributed by atoms with van der Waals surface area (Å²) in [5.74, 6) is 6.54. The van der Waals surface area contributed by atoms with Gasteiger partial charge in [-0.15, -0.1) is 11.3 Å². The van der Waals surface area contributed by atoms with Crippen molar-refractivity contribution in [2.45, 2.75) is 52.2 Å². The first-order chi connectivity index (χ1) is 11.4. The van der Waals surface area contributed by atoms with E-state index in [1.807, 2.05) is 6.92 Å². The van der Waals surface area contributed by atoms with Gasteiger partial charge in [0, 0.05) is 23.8 Å². The third-order valence-electron chi connectivity index (χ3n) is 4.44. The van der Waals surface area contributed by atoms with Crippen LogP contribution in [0.1, 0.15) is 44.3 Å². The van der Waals surface area contributed by atoms with E-state index in [0.29, 0.717) is 29.1 Å². The number of pyridine rings is 1. The zero-order valence-electron chi connectivity index (χ0n) is 14.0. The van der Waals surface area contributed by atoms with Crippen LogP contribution in [0.4, 0.5) is 0 Å². The number of thiophene rings is 1. The molecule has 7 heteroatoms. The molecule has 0 aliphatic carbocycles. The fourth-order valence-corrected chi connectivity index (χ4v) is 4.21. The highest BCUT2D eigenvalue weighted by molar-refractivity contribution is 7.25. The number of hydrogen-bond acceptors (Lipinski definition) is 6.